The third-order valence-electron chi connectivity index (χ3n) is 7.27. The Morgan fingerprint density at radius 2 is 1.44 bits per heavy atom. The van der Waals surface area contributed by atoms with Crippen molar-refractivity contribution in [2.45, 2.75) is 56.8 Å². The molecule has 2 bridgehead atoms. The van der Waals surface area contributed by atoms with Crippen molar-refractivity contribution in [3.8, 4) is 5.75 Å². The van der Waals surface area contributed by atoms with Gasteiger partial charge >= 0.3 is 0 Å². The van der Waals surface area contributed by atoms with Crippen LogP contribution in [-0.4, -0.2) is 28.7 Å². The number of phenols is 1. The van der Waals surface area contributed by atoms with Gasteiger partial charge in [-0.25, -0.2) is 0 Å². The first-order chi connectivity index (χ1) is 15.8. The highest BCUT2D eigenvalue weighted by Crippen LogP contribution is 2.41. The number of hydrogen-bond acceptors (Lipinski definition) is 3. The summed E-state index contributed by atoms with van der Waals surface area (Å²) in [7, 11) is 0. The van der Waals surface area contributed by atoms with Crippen LogP contribution in [0.4, 0.5) is 0 Å². The number of hydrogen-bond donors (Lipinski definition) is 1. The Balaban J connectivity index is 1.18. The number of ether oxygens (including phenoxy) is 1. The van der Waals surface area contributed by atoms with Gasteiger partial charge in [-0.15, -0.1) is 0 Å². The normalized spacial score (nSPS) is 23.0. The fourth-order valence-corrected chi connectivity index (χ4v) is 5.74. The lowest BCUT2D eigenvalue weighted by Gasteiger charge is -2.39. The quantitative estimate of drug-likeness (QED) is 0.456. The second kappa shape index (κ2) is 9.89. The molecule has 0 aliphatic carbocycles. The zero-order chi connectivity index (χ0) is 21.8. The maximum absolute atomic E-state index is 9.81. The fourth-order valence-electron chi connectivity index (χ4n) is 5.74. The van der Waals surface area contributed by atoms with E-state index in [4.69, 9.17) is 4.74 Å². The van der Waals surface area contributed by atoms with Gasteiger partial charge in [0.05, 0.1) is 0 Å². The lowest BCUT2D eigenvalue weighted by atomic mass is 9.88. The second-order valence-corrected chi connectivity index (χ2v) is 9.43. The van der Waals surface area contributed by atoms with Gasteiger partial charge in [0.2, 0.25) is 0 Å². The summed E-state index contributed by atoms with van der Waals surface area (Å²) in [4.78, 5) is 2.68. The van der Waals surface area contributed by atoms with Crippen molar-refractivity contribution in [3.63, 3.8) is 0 Å². The summed E-state index contributed by atoms with van der Waals surface area (Å²) < 4.78 is 6.50. The van der Waals surface area contributed by atoms with Gasteiger partial charge < -0.3 is 9.84 Å². The maximum Gasteiger partial charge on any atom is 0.115 e. The van der Waals surface area contributed by atoms with Crippen molar-refractivity contribution >= 4 is 0 Å². The molecule has 3 atom stereocenters. The van der Waals surface area contributed by atoms with E-state index < -0.39 is 0 Å². The van der Waals surface area contributed by atoms with Crippen LogP contribution >= 0.6 is 0 Å². The molecule has 2 heterocycles. The van der Waals surface area contributed by atoms with Crippen LogP contribution in [0.25, 0.3) is 0 Å². The van der Waals surface area contributed by atoms with Gasteiger partial charge in [-0.1, -0.05) is 72.8 Å². The number of phenolic OH excluding ortho intramolecular Hbond substituents is 1. The molecular weight excluding hydrogens is 394 g/mol. The van der Waals surface area contributed by atoms with E-state index in [9.17, 15) is 5.11 Å². The number of nitrogens with zero attached hydrogens (tertiary/aromatic N) is 1. The Morgan fingerprint density at radius 1 is 0.812 bits per heavy atom. The molecule has 0 spiro atoms. The van der Waals surface area contributed by atoms with E-state index >= 15 is 0 Å². The molecule has 32 heavy (non-hydrogen) atoms. The van der Waals surface area contributed by atoms with Gasteiger partial charge in [0.1, 0.15) is 11.9 Å². The van der Waals surface area contributed by atoms with Crippen molar-refractivity contribution in [3.05, 3.63) is 102 Å². The number of rotatable bonds is 8. The molecule has 2 aliphatic heterocycles. The van der Waals surface area contributed by atoms with Crippen molar-refractivity contribution in [1.29, 1.82) is 0 Å². The molecule has 5 rings (SSSR count). The second-order valence-electron chi connectivity index (χ2n) is 9.43. The molecule has 3 nitrogen and oxygen atoms in total. The molecule has 1 N–H and O–H groups in total. The maximum atomic E-state index is 9.81. The minimum absolute atomic E-state index is 0.0000286. The van der Waals surface area contributed by atoms with E-state index in [2.05, 4.69) is 71.6 Å². The lowest BCUT2D eigenvalue weighted by Crippen LogP contribution is -2.42. The summed E-state index contributed by atoms with van der Waals surface area (Å²) in [5, 5.41) is 9.81. The topological polar surface area (TPSA) is 32.7 Å². The van der Waals surface area contributed by atoms with Gasteiger partial charge in [-0.2, -0.15) is 0 Å². The minimum atomic E-state index is -0.0000286. The van der Waals surface area contributed by atoms with Crippen LogP contribution in [0.2, 0.25) is 0 Å². The molecule has 2 saturated heterocycles. The standard InChI is InChI=1S/C29H33NO2/c31-28-13-7-8-23(20-28)21-30-26-14-15-27(30)19-22(18-26)16-17-32-29(24-9-3-1-4-10-24)25-11-5-2-6-12-25/h1-13,20,22,26-27,29,31H,14-19,21H2/t22?,26-,27+. The smallest absolute Gasteiger partial charge is 0.115 e. The van der Waals surface area contributed by atoms with E-state index in [1.807, 2.05) is 12.1 Å². The molecular formula is C29H33NO2. The number of benzene rings is 3. The van der Waals surface area contributed by atoms with E-state index in [0.29, 0.717) is 17.8 Å². The summed E-state index contributed by atoms with van der Waals surface area (Å²) in [5.41, 5.74) is 3.66. The molecule has 3 heteroatoms. The van der Waals surface area contributed by atoms with Crippen LogP contribution in [0.3, 0.4) is 0 Å². The van der Waals surface area contributed by atoms with Crippen LogP contribution in [-0.2, 0) is 11.3 Å². The van der Waals surface area contributed by atoms with Gasteiger partial charge in [-0.05, 0) is 66.8 Å². The van der Waals surface area contributed by atoms with Gasteiger partial charge in [-0.3, -0.25) is 4.90 Å². The Labute approximate surface area is 191 Å². The average molecular weight is 428 g/mol. The first kappa shape index (κ1) is 21.2. The molecule has 1 unspecified atom stereocenters. The van der Waals surface area contributed by atoms with E-state index in [1.165, 1.54) is 42.4 Å². The SMILES string of the molecule is Oc1cccc(CN2[C@@H]3CC[C@H]2CC(CCOC(c2ccccc2)c2ccccc2)C3)c1. The fraction of sp³-hybridized carbons (Fsp3) is 0.379. The van der Waals surface area contributed by atoms with Crippen molar-refractivity contribution in [2.75, 3.05) is 6.61 Å². The molecule has 3 aromatic carbocycles. The zero-order valence-electron chi connectivity index (χ0n) is 18.6. The summed E-state index contributed by atoms with van der Waals surface area (Å²) in [6, 6.07) is 30.2. The molecule has 2 aliphatic rings. The molecule has 0 aromatic heterocycles. The first-order valence-electron chi connectivity index (χ1n) is 12.0. The minimum Gasteiger partial charge on any atom is -0.508 e. The highest BCUT2D eigenvalue weighted by Gasteiger charge is 2.40. The van der Waals surface area contributed by atoms with Crippen molar-refractivity contribution < 1.29 is 9.84 Å². The van der Waals surface area contributed by atoms with Crippen molar-refractivity contribution in [1.82, 2.24) is 4.90 Å². The molecule has 166 valence electrons. The highest BCUT2D eigenvalue weighted by atomic mass is 16.5. The largest absolute Gasteiger partial charge is 0.508 e. The van der Waals surface area contributed by atoms with E-state index in [-0.39, 0.29) is 6.10 Å². The number of aromatic hydroxyl groups is 1. The van der Waals surface area contributed by atoms with Crippen LogP contribution in [0.1, 0.15) is 54.9 Å². The van der Waals surface area contributed by atoms with Crippen molar-refractivity contribution in [2.24, 2.45) is 5.92 Å². The van der Waals surface area contributed by atoms with E-state index in [0.717, 1.165) is 25.5 Å². The summed E-state index contributed by atoms with van der Waals surface area (Å²) >= 11 is 0. The lowest BCUT2D eigenvalue weighted by molar-refractivity contribution is 0.0441. The first-order valence-corrected chi connectivity index (χ1v) is 12.0. The summed E-state index contributed by atoms with van der Waals surface area (Å²) in [6.45, 7) is 1.75. The van der Waals surface area contributed by atoms with Gasteiger partial charge in [0, 0.05) is 25.2 Å². The predicted octanol–water partition coefficient (Wildman–Crippen LogP) is 6.33. The highest BCUT2D eigenvalue weighted by molar-refractivity contribution is 5.30. The molecule has 0 radical (unpaired) electrons. The predicted molar refractivity (Wildman–Crippen MR) is 128 cm³/mol. The third-order valence-corrected chi connectivity index (χ3v) is 7.27. The van der Waals surface area contributed by atoms with Crippen LogP contribution in [0, 0.1) is 5.92 Å². The molecule has 0 amide bonds. The van der Waals surface area contributed by atoms with Crippen LogP contribution in [0.5, 0.6) is 5.75 Å². The summed E-state index contributed by atoms with van der Waals surface area (Å²) in [6.07, 6.45) is 6.26. The van der Waals surface area contributed by atoms with Gasteiger partial charge in [0.15, 0.2) is 0 Å². The Morgan fingerprint density at radius 3 is 2.03 bits per heavy atom. The van der Waals surface area contributed by atoms with E-state index in [1.54, 1.807) is 6.07 Å². The molecule has 3 aromatic rings. The molecule has 0 saturated carbocycles. The number of piperidine rings is 1. The van der Waals surface area contributed by atoms with Crippen LogP contribution < -0.4 is 0 Å². The Bertz CT molecular complexity index is 937. The average Bonchev–Trinajstić information content (AvgIpc) is 3.05. The number of fused-ring (bicyclic) bond motifs is 2. The summed E-state index contributed by atoms with van der Waals surface area (Å²) in [5.74, 6) is 1.10. The van der Waals surface area contributed by atoms with Crippen LogP contribution in [0.15, 0.2) is 84.9 Å². The Kier molecular flexibility index (Phi) is 6.56. The Hall–Kier alpha value is -2.62. The monoisotopic (exact) mass is 427 g/mol. The molecule has 2 fully saturated rings. The zero-order valence-corrected chi connectivity index (χ0v) is 18.6. The van der Waals surface area contributed by atoms with Gasteiger partial charge in [0.25, 0.3) is 0 Å². The third kappa shape index (κ3) is 4.90.